The molecule has 1 N–H and O–H groups in total. The number of carbonyl (C=O) groups excluding carboxylic acids is 1. The van der Waals surface area contributed by atoms with Gasteiger partial charge >= 0.3 is 5.97 Å². The molecule has 0 bridgehead atoms. The van der Waals surface area contributed by atoms with Crippen LogP contribution in [0.25, 0.3) is 0 Å². The van der Waals surface area contributed by atoms with Gasteiger partial charge in [0.2, 0.25) is 0 Å². The predicted octanol–water partition coefficient (Wildman–Crippen LogP) is 1.66. The molecule has 80 valence electrons. The summed E-state index contributed by atoms with van der Waals surface area (Å²) in [6, 6.07) is 0. The molecule has 0 aromatic heterocycles. The van der Waals surface area contributed by atoms with Crippen molar-refractivity contribution >= 4 is 5.97 Å². The minimum atomic E-state index is -0.909. The summed E-state index contributed by atoms with van der Waals surface area (Å²) in [4.78, 5) is 11.5. The van der Waals surface area contributed by atoms with Crippen molar-refractivity contribution < 1.29 is 14.6 Å². The van der Waals surface area contributed by atoms with E-state index >= 15 is 0 Å². The quantitative estimate of drug-likeness (QED) is 0.552. The predicted molar refractivity (Wildman–Crippen MR) is 53.7 cm³/mol. The second-order valence-electron chi connectivity index (χ2n) is 3.78. The van der Waals surface area contributed by atoms with Gasteiger partial charge in [0, 0.05) is 0 Å². The van der Waals surface area contributed by atoms with Crippen LogP contribution in [-0.4, -0.2) is 23.3 Å². The summed E-state index contributed by atoms with van der Waals surface area (Å²) in [7, 11) is 0. The summed E-state index contributed by atoms with van der Waals surface area (Å²) in [5.41, 5.74) is -0.909. The molecule has 0 spiro atoms. The van der Waals surface area contributed by atoms with Crippen molar-refractivity contribution in [3.8, 4) is 0 Å². The van der Waals surface area contributed by atoms with Gasteiger partial charge in [-0.2, -0.15) is 0 Å². The molecule has 1 atom stereocenters. The largest absolute Gasteiger partial charge is 0.465 e. The SMILES string of the molecule is C=CC(C(=O)OCC)C1(O)CCCC1. The number of ether oxygens (including phenoxy) is 1. The Labute approximate surface area is 84.8 Å². The van der Waals surface area contributed by atoms with Gasteiger partial charge in [0.25, 0.3) is 0 Å². The fourth-order valence-electron chi connectivity index (χ4n) is 2.07. The number of rotatable bonds is 4. The Kier molecular flexibility index (Phi) is 3.69. The van der Waals surface area contributed by atoms with E-state index in [0.717, 1.165) is 12.8 Å². The summed E-state index contributed by atoms with van der Waals surface area (Å²) >= 11 is 0. The van der Waals surface area contributed by atoms with E-state index in [9.17, 15) is 9.90 Å². The van der Waals surface area contributed by atoms with E-state index in [0.29, 0.717) is 19.4 Å². The van der Waals surface area contributed by atoms with Gasteiger partial charge in [0.15, 0.2) is 0 Å². The standard InChI is InChI=1S/C11H18O3/c1-3-9(10(12)14-4-2)11(13)7-5-6-8-11/h3,9,13H,1,4-8H2,2H3. The summed E-state index contributed by atoms with van der Waals surface area (Å²) in [5.74, 6) is -0.920. The van der Waals surface area contributed by atoms with Gasteiger partial charge in [0.05, 0.1) is 12.2 Å². The van der Waals surface area contributed by atoms with Crippen LogP contribution in [-0.2, 0) is 9.53 Å². The lowest BCUT2D eigenvalue weighted by Gasteiger charge is -2.28. The van der Waals surface area contributed by atoms with Crippen molar-refractivity contribution in [2.75, 3.05) is 6.61 Å². The first-order valence-corrected chi connectivity index (χ1v) is 5.15. The molecule has 1 fully saturated rings. The van der Waals surface area contributed by atoms with E-state index in [1.165, 1.54) is 6.08 Å². The molecule has 0 aromatic carbocycles. The van der Waals surface area contributed by atoms with Crippen LogP contribution < -0.4 is 0 Å². The van der Waals surface area contributed by atoms with Crippen molar-refractivity contribution in [1.29, 1.82) is 0 Å². The Morgan fingerprint density at radius 1 is 1.64 bits per heavy atom. The Balaban J connectivity index is 2.69. The fourth-order valence-corrected chi connectivity index (χ4v) is 2.07. The molecule has 1 rings (SSSR count). The molecule has 1 aliphatic rings. The highest BCUT2D eigenvalue weighted by Crippen LogP contribution is 2.37. The topological polar surface area (TPSA) is 46.5 Å². The van der Waals surface area contributed by atoms with E-state index in [4.69, 9.17) is 4.74 Å². The maximum atomic E-state index is 11.5. The molecular weight excluding hydrogens is 180 g/mol. The molecule has 0 saturated heterocycles. The summed E-state index contributed by atoms with van der Waals surface area (Å²) in [6.07, 6.45) is 4.79. The van der Waals surface area contributed by atoms with Crippen LogP contribution in [0.4, 0.5) is 0 Å². The van der Waals surface area contributed by atoms with Gasteiger partial charge in [-0.3, -0.25) is 4.79 Å². The third kappa shape index (κ3) is 2.15. The van der Waals surface area contributed by atoms with E-state index in [1.54, 1.807) is 6.92 Å². The van der Waals surface area contributed by atoms with Crippen LogP contribution in [0.2, 0.25) is 0 Å². The number of esters is 1. The van der Waals surface area contributed by atoms with Crippen LogP contribution in [0.3, 0.4) is 0 Å². The molecule has 14 heavy (non-hydrogen) atoms. The van der Waals surface area contributed by atoms with Crippen molar-refractivity contribution in [2.45, 2.75) is 38.2 Å². The zero-order chi connectivity index (χ0) is 10.6. The highest BCUT2D eigenvalue weighted by molar-refractivity contribution is 5.76. The van der Waals surface area contributed by atoms with Crippen LogP contribution >= 0.6 is 0 Å². The van der Waals surface area contributed by atoms with Crippen LogP contribution in [0, 0.1) is 5.92 Å². The Morgan fingerprint density at radius 2 is 2.21 bits per heavy atom. The zero-order valence-electron chi connectivity index (χ0n) is 8.66. The molecule has 1 saturated carbocycles. The minimum absolute atomic E-state index is 0.346. The summed E-state index contributed by atoms with van der Waals surface area (Å²) in [6.45, 7) is 5.70. The number of hydrogen-bond acceptors (Lipinski definition) is 3. The molecular formula is C11H18O3. The maximum Gasteiger partial charge on any atom is 0.315 e. The van der Waals surface area contributed by atoms with E-state index in [-0.39, 0.29) is 5.97 Å². The van der Waals surface area contributed by atoms with Gasteiger partial charge in [-0.05, 0) is 19.8 Å². The smallest absolute Gasteiger partial charge is 0.315 e. The molecule has 0 aliphatic heterocycles. The second-order valence-corrected chi connectivity index (χ2v) is 3.78. The number of carbonyl (C=O) groups is 1. The van der Waals surface area contributed by atoms with E-state index in [1.807, 2.05) is 0 Å². The Bertz CT molecular complexity index is 217. The first-order valence-electron chi connectivity index (χ1n) is 5.15. The zero-order valence-corrected chi connectivity index (χ0v) is 8.66. The van der Waals surface area contributed by atoms with E-state index in [2.05, 4.69) is 6.58 Å². The van der Waals surface area contributed by atoms with Crippen LogP contribution in [0.5, 0.6) is 0 Å². The molecule has 0 heterocycles. The van der Waals surface area contributed by atoms with Crippen LogP contribution in [0.1, 0.15) is 32.6 Å². The lowest BCUT2D eigenvalue weighted by molar-refractivity contribution is -0.154. The summed E-state index contributed by atoms with van der Waals surface area (Å²) < 4.78 is 4.90. The number of aliphatic hydroxyl groups is 1. The number of hydrogen-bond donors (Lipinski definition) is 1. The maximum absolute atomic E-state index is 11.5. The third-order valence-electron chi connectivity index (χ3n) is 2.82. The van der Waals surface area contributed by atoms with Gasteiger partial charge in [0.1, 0.15) is 5.92 Å². The van der Waals surface area contributed by atoms with Crippen molar-refractivity contribution in [1.82, 2.24) is 0 Å². The van der Waals surface area contributed by atoms with E-state index < -0.39 is 11.5 Å². The van der Waals surface area contributed by atoms with Gasteiger partial charge in [-0.1, -0.05) is 18.9 Å². The van der Waals surface area contributed by atoms with Crippen molar-refractivity contribution in [3.63, 3.8) is 0 Å². The molecule has 0 radical (unpaired) electrons. The molecule has 3 heteroatoms. The second kappa shape index (κ2) is 4.60. The first kappa shape index (κ1) is 11.2. The Hall–Kier alpha value is -0.830. The van der Waals surface area contributed by atoms with Crippen molar-refractivity contribution in [2.24, 2.45) is 5.92 Å². The molecule has 0 aromatic rings. The third-order valence-corrected chi connectivity index (χ3v) is 2.82. The van der Waals surface area contributed by atoms with Gasteiger partial charge < -0.3 is 9.84 Å². The lowest BCUT2D eigenvalue weighted by Crippen LogP contribution is -2.39. The molecule has 1 aliphatic carbocycles. The minimum Gasteiger partial charge on any atom is -0.465 e. The first-order chi connectivity index (χ1) is 6.64. The Morgan fingerprint density at radius 3 is 2.64 bits per heavy atom. The van der Waals surface area contributed by atoms with Gasteiger partial charge in [-0.25, -0.2) is 0 Å². The molecule has 0 amide bonds. The fraction of sp³-hybridized carbons (Fsp3) is 0.727. The molecule has 3 nitrogen and oxygen atoms in total. The van der Waals surface area contributed by atoms with Gasteiger partial charge in [-0.15, -0.1) is 6.58 Å². The monoisotopic (exact) mass is 198 g/mol. The average Bonchev–Trinajstić information content (AvgIpc) is 2.54. The highest BCUT2D eigenvalue weighted by atomic mass is 16.5. The summed E-state index contributed by atoms with van der Waals surface area (Å²) in [5, 5.41) is 10.2. The normalized spacial score (nSPS) is 21.6. The average molecular weight is 198 g/mol. The molecule has 1 unspecified atom stereocenters. The van der Waals surface area contributed by atoms with Crippen molar-refractivity contribution in [3.05, 3.63) is 12.7 Å². The highest BCUT2D eigenvalue weighted by Gasteiger charge is 2.42. The lowest BCUT2D eigenvalue weighted by atomic mass is 9.86. The van der Waals surface area contributed by atoms with Crippen LogP contribution in [0.15, 0.2) is 12.7 Å².